The first kappa shape index (κ1) is 14.9. The lowest BCUT2D eigenvalue weighted by molar-refractivity contribution is 0.0290. The van der Waals surface area contributed by atoms with Crippen molar-refractivity contribution in [2.45, 2.75) is 45.3 Å². The summed E-state index contributed by atoms with van der Waals surface area (Å²) < 4.78 is 0. The molecule has 0 aromatic heterocycles. The van der Waals surface area contributed by atoms with Gasteiger partial charge in [0, 0.05) is 26.2 Å². The second-order valence-electron chi connectivity index (χ2n) is 6.53. The quantitative estimate of drug-likeness (QED) is 0.757. The van der Waals surface area contributed by atoms with Gasteiger partial charge in [0.2, 0.25) is 0 Å². The van der Waals surface area contributed by atoms with E-state index >= 15 is 0 Å². The van der Waals surface area contributed by atoms with Crippen LogP contribution in [0.1, 0.15) is 34.1 Å². The van der Waals surface area contributed by atoms with Crippen molar-refractivity contribution >= 4 is 0 Å². The van der Waals surface area contributed by atoms with Crippen LogP contribution < -0.4 is 0 Å². The van der Waals surface area contributed by atoms with Crippen molar-refractivity contribution in [1.29, 1.82) is 0 Å². The summed E-state index contributed by atoms with van der Waals surface area (Å²) in [6.07, 6.45) is 1.10. The number of nitrogens with zero attached hydrogens (tertiary/aromatic N) is 2. The minimum absolute atomic E-state index is 0.620. The lowest BCUT2D eigenvalue weighted by Gasteiger charge is -2.29. The third-order valence-corrected chi connectivity index (χ3v) is 2.90. The van der Waals surface area contributed by atoms with Crippen molar-refractivity contribution in [3.63, 3.8) is 0 Å². The highest BCUT2D eigenvalue weighted by atomic mass is 16.3. The van der Waals surface area contributed by atoms with Crippen LogP contribution in [0.5, 0.6) is 0 Å². The van der Waals surface area contributed by atoms with Gasteiger partial charge in [-0.3, -0.25) is 9.80 Å². The molecule has 0 saturated carbocycles. The van der Waals surface area contributed by atoms with Gasteiger partial charge in [-0.25, -0.2) is 0 Å². The molecule has 0 aliphatic carbocycles. The fraction of sp³-hybridized carbons (Fsp3) is 1.00. The molecular weight excluding hydrogens is 216 g/mol. The Morgan fingerprint density at radius 3 is 1.41 bits per heavy atom. The highest BCUT2D eigenvalue weighted by molar-refractivity contribution is 4.79. The first-order valence-electron chi connectivity index (χ1n) is 6.55. The minimum atomic E-state index is -0.620. The molecule has 0 atom stereocenters. The van der Waals surface area contributed by atoms with Gasteiger partial charge >= 0.3 is 0 Å². The van der Waals surface area contributed by atoms with Crippen LogP contribution in [0, 0.1) is 0 Å². The van der Waals surface area contributed by atoms with E-state index < -0.39 is 11.2 Å². The second-order valence-corrected chi connectivity index (χ2v) is 6.53. The summed E-state index contributed by atoms with van der Waals surface area (Å²) >= 11 is 0. The summed E-state index contributed by atoms with van der Waals surface area (Å²) in [6.45, 7) is 12.9. The molecular formula is C13H28N2O2. The Hall–Kier alpha value is -0.160. The molecule has 4 heteroatoms. The highest BCUT2D eigenvalue weighted by Gasteiger charge is 2.23. The Kier molecular flexibility index (Phi) is 4.95. The van der Waals surface area contributed by atoms with Crippen LogP contribution in [0.3, 0.4) is 0 Å². The van der Waals surface area contributed by atoms with Gasteiger partial charge in [0.25, 0.3) is 0 Å². The molecule has 1 fully saturated rings. The van der Waals surface area contributed by atoms with Gasteiger partial charge in [-0.1, -0.05) is 0 Å². The monoisotopic (exact) mass is 244 g/mol. The molecule has 1 saturated heterocycles. The lowest BCUT2D eigenvalue weighted by Crippen LogP contribution is -2.42. The zero-order valence-electron chi connectivity index (χ0n) is 11.7. The van der Waals surface area contributed by atoms with Gasteiger partial charge in [-0.2, -0.15) is 0 Å². The van der Waals surface area contributed by atoms with E-state index in [1.165, 1.54) is 0 Å². The van der Waals surface area contributed by atoms with E-state index in [0.717, 1.165) is 45.7 Å². The van der Waals surface area contributed by atoms with Crippen LogP contribution in [0.2, 0.25) is 0 Å². The average Bonchev–Trinajstić information content (AvgIpc) is 2.25. The molecule has 2 N–H and O–H groups in total. The van der Waals surface area contributed by atoms with E-state index in [1.807, 2.05) is 27.7 Å². The van der Waals surface area contributed by atoms with E-state index in [4.69, 9.17) is 0 Å². The summed E-state index contributed by atoms with van der Waals surface area (Å²) in [4.78, 5) is 4.62. The van der Waals surface area contributed by atoms with Crippen LogP contribution in [-0.2, 0) is 0 Å². The second kappa shape index (κ2) is 5.65. The Labute approximate surface area is 105 Å². The zero-order valence-corrected chi connectivity index (χ0v) is 11.7. The maximum absolute atomic E-state index is 9.82. The fourth-order valence-corrected chi connectivity index (χ4v) is 2.44. The number of hydrogen-bond donors (Lipinski definition) is 2. The predicted octanol–water partition coefficient (Wildman–Crippen LogP) is 0.536. The summed E-state index contributed by atoms with van der Waals surface area (Å²) in [5.74, 6) is 0. The molecule has 0 aromatic rings. The maximum Gasteiger partial charge on any atom is 0.0718 e. The van der Waals surface area contributed by atoms with Crippen LogP contribution in [0.15, 0.2) is 0 Å². The highest BCUT2D eigenvalue weighted by Crippen LogP contribution is 2.11. The Bertz CT molecular complexity index is 207. The standard InChI is InChI=1S/C13H28N2O2/c1-12(2,16)10-14-6-5-7-15(9-8-14)11-13(3,4)17/h16-17H,5-11H2,1-4H3. The van der Waals surface area contributed by atoms with Crippen LogP contribution >= 0.6 is 0 Å². The van der Waals surface area contributed by atoms with Crippen molar-refractivity contribution < 1.29 is 10.2 Å². The number of β-amino-alcohol motifs (C(OH)–C–C–N with tert-alkyl or cyclic N) is 2. The van der Waals surface area contributed by atoms with Crippen molar-refractivity contribution in [3.8, 4) is 0 Å². The van der Waals surface area contributed by atoms with Crippen LogP contribution in [0.25, 0.3) is 0 Å². The first-order chi connectivity index (χ1) is 7.66. The van der Waals surface area contributed by atoms with Crippen molar-refractivity contribution in [2.24, 2.45) is 0 Å². The van der Waals surface area contributed by atoms with Crippen molar-refractivity contribution in [3.05, 3.63) is 0 Å². The first-order valence-corrected chi connectivity index (χ1v) is 6.55. The Morgan fingerprint density at radius 1 is 0.765 bits per heavy atom. The SMILES string of the molecule is CC(C)(O)CN1CCCN(CC(C)(C)O)CC1. The van der Waals surface area contributed by atoms with Gasteiger partial charge in [0.05, 0.1) is 11.2 Å². The summed E-state index contributed by atoms with van der Waals surface area (Å²) in [6, 6.07) is 0. The van der Waals surface area contributed by atoms with E-state index in [-0.39, 0.29) is 0 Å². The van der Waals surface area contributed by atoms with Crippen LogP contribution in [-0.4, -0.2) is 70.5 Å². The van der Waals surface area contributed by atoms with Gasteiger partial charge in [0.15, 0.2) is 0 Å². The molecule has 0 spiro atoms. The molecule has 0 radical (unpaired) electrons. The molecule has 0 unspecified atom stereocenters. The number of aliphatic hydroxyl groups is 2. The normalized spacial score (nSPS) is 21.5. The molecule has 0 aromatic carbocycles. The van der Waals surface area contributed by atoms with E-state index in [1.54, 1.807) is 0 Å². The molecule has 1 aliphatic rings. The van der Waals surface area contributed by atoms with E-state index in [0.29, 0.717) is 0 Å². The molecule has 17 heavy (non-hydrogen) atoms. The van der Waals surface area contributed by atoms with Gasteiger partial charge in [-0.15, -0.1) is 0 Å². The third kappa shape index (κ3) is 6.99. The molecule has 0 bridgehead atoms. The number of hydrogen-bond acceptors (Lipinski definition) is 4. The van der Waals surface area contributed by atoms with Gasteiger partial charge in [-0.05, 0) is 47.2 Å². The number of rotatable bonds is 4. The minimum Gasteiger partial charge on any atom is -0.389 e. The summed E-state index contributed by atoms with van der Waals surface area (Å²) in [5.41, 5.74) is -1.24. The molecule has 0 amide bonds. The largest absolute Gasteiger partial charge is 0.389 e. The predicted molar refractivity (Wildman–Crippen MR) is 70.1 cm³/mol. The summed E-state index contributed by atoms with van der Waals surface area (Å²) in [7, 11) is 0. The lowest BCUT2D eigenvalue weighted by atomic mass is 10.1. The topological polar surface area (TPSA) is 46.9 Å². The average molecular weight is 244 g/mol. The molecule has 102 valence electrons. The molecule has 1 aliphatic heterocycles. The third-order valence-electron chi connectivity index (χ3n) is 2.90. The van der Waals surface area contributed by atoms with Gasteiger partial charge in [0.1, 0.15) is 0 Å². The van der Waals surface area contributed by atoms with Crippen LogP contribution in [0.4, 0.5) is 0 Å². The maximum atomic E-state index is 9.82. The summed E-state index contributed by atoms with van der Waals surface area (Å²) in [5, 5.41) is 19.6. The van der Waals surface area contributed by atoms with Crippen molar-refractivity contribution in [1.82, 2.24) is 9.80 Å². The van der Waals surface area contributed by atoms with E-state index in [2.05, 4.69) is 9.80 Å². The zero-order chi connectivity index (χ0) is 13.1. The Morgan fingerprint density at radius 2 is 1.12 bits per heavy atom. The van der Waals surface area contributed by atoms with Crippen molar-refractivity contribution in [2.75, 3.05) is 39.3 Å². The Balaban J connectivity index is 2.40. The van der Waals surface area contributed by atoms with Gasteiger partial charge < -0.3 is 10.2 Å². The molecule has 1 rings (SSSR count). The molecule has 4 nitrogen and oxygen atoms in total. The smallest absolute Gasteiger partial charge is 0.0718 e. The van der Waals surface area contributed by atoms with E-state index in [9.17, 15) is 10.2 Å². The molecule has 1 heterocycles. The fourth-order valence-electron chi connectivity index (χ4n) is 2.44.